The van der Waals surface area contributed by atoms with Crippen LogP contribution in [0.15, 0.2) is 53.6 Å². The van der Waals surface area contributed by atoms with Crippen LogP contribution in [0, 0.1) is 0 Å². The van der Waals surface area contributed by atoms with E-state index in [4.69, 9.17) is 0 Å². The molecule has 172 valence electrons. The van der Waals surface area contributed by atoms with Crippen molar-refractivity contribution in [2.75, 3.05) is 5.32 Å². The van der Waals surface area contributed by atoms with Crippen LogP contribution in [-0.2, 0) is 23.3 Å². The van der Waals surface area contributed by atoms with Crippen LogP contribution in [-0.4, -0.2) is 34.8 Å². The van der Waals surface area contributed by atoms with E-state index >= 15 is 0 Å². The second-order valence-corrected chi connectivity index (χ2v) is 9.00. The lowest BCUT2D eigenvalue weighted by molar-refractivity contribution is -0.116. The number of nitrogens with zero attached hydrogens (tertiary/aromatic N) is 6. The molecule has 0 bridgehead atoms. The molecule has 0 unspecified atom stereocenters. The van der Waals surface area contributed by atoms with E-state index in [2.05, 4.69) is 41.2 Å². The van der Waals surface area contributed by atoms with Gasteiger partial charge in [0.15, 0.2) is 0 Å². The number of aromatic nitrogens is 6. The third kappa shape index (κ3) is 4.57. The lowest BCUT2D eigenvalue weighted by atomic mass is 9.92. The zero-order chi connectivity index (χ0) is 23.6. The number of carbonyl (C=O) groups excluding carboxylic acids is 1. The maximum absolute atomic E-state index is 13.0. The van der Waals surface area contributed by atoms with Crippen LogP contribution in [0.4, 0.5) is 5.82 Å². The summed E-state index contributed by atoms with van der Waals surface area (Å²) in [7, 11) is 0. The molecule has 0 saturated carbocycles. The number of hydrogen-bond donors (Lipinski definition) is 1. The van der Waals surface area contributed by atoms with Crippen molar-refractivity contribution in [1.82, 2.24) is 28.9 Å². The number of anilines is 1. The Hall–Kier alpha value is -3.75. The second kappa shape index (κ2) is 9.01. The summed E-state index contributed by atoms with van der Waals surface area (Å²) in [6.45, 7) is 9.12. The van der Waals surface area contributed by atoms with Crippen LogP contribution in [0.5, 0.6) is 0 Å². The summed E-state index contributed by atoms with van der Waals surface area (Å²) >= 11 is 0. The van der Waals surface area contributed by atoms with Gasteiger partial charge in [-0.3, -0.25) is 13.9 Å². The molecular weight excluding hydrogens is 418 g/mol. The average Bonchev–Trinajstić information content (AvgIpc) is 3.33. The Kier molecular flexibility index (Phi) is 6.13. The number of imidazole rings is 1. The zero-order valence-electron chi connectivity index (χ0n) is 19.4. The first kappa shape index (κ1) is 22.4. The Balaban J connectivity index is 1.58. The summed E-state index contributed by atoms with van der Waals surface area (Å²) in [6.07, 6.45) is 4.26. The maximum atomic E-state index is 13.0. The summed E-state index contributed by atoms with van der Waals surface area (Å²) in [5, 5.41) is 7.55. The molecule has 4 aromatic rings. The van der Waals surface area contributed by atoms with Crippen molar-refractivity contribution in [1.29, 1.82) is 0 Å². The van der Waals surface area contributed by atoms with Crippen LogP contribution in [0.2, 0.25) is 0 Å². The number of para-hydroxylation sites is 2. The van der Waals surface area contributed by atoms with E-state index in [9.17, 15) is 9.59 Å². The number of aryl methyl sites for hydroxylation is 2. The van der Waals surface area contributed by atoms with E-state index in [-0.39, 0.29) is 30.0 Å². The maximum Gasteiger partial charge on any atom is 0.329 e. The highest BCUT2D eigenvalue weighted by Gasteiger charge is 2.22. The number of rotatable bonds is 7. The fourth-order valence-corrected chi connectivity index (χ4v) is 3.74. The molecule has 9 heteroatoms. The minimum Gasteiger partial charge on any atom is -0.310 e. The summed E-state index contributed by atoms with van der Waals surface area (Å²) in [5.74, 6) is 0.658. The number of nitrogens with one attached hydrogen (secondary N) is 1. The predicted octanol–water partition coefficient (Wildman–Crippen LogP) is 3.52. The molecular formula is C24H29N7O2. The lowest BCUT2D eigenvalue weighted by Gasteiger charge is -2.13. The molecule has 1 aromatic carbocycles. The Bertz CT molecular complexity index is 1330. The SMILES string of the molecule is CCCn1c(=O)n(CCC(=O)Nc2cc(C(C)(C)C)nn2-c2ncccn2)c2ccccc21. The first-order chi connectivity index (χ1) is 15.8. The van der Waals surface area contributed by atoms with Gasteiger partial charge in [-0.1, -0.05) is 39.8 Å². The Morgan fingerprint density at radius 2 is 1.64 bits per heavy atom. The van der Waals surface area contributed by atoms with Crippen LogP contribution >= 0.6 is 0 Å². The molecule has 0 fully saturated rings. The highest BCUT2D eigenvalue weighted by molar-refractivity contribution is 5.90. The van der Waals surface area contributed by atoms with E-state index < -0.39 is 0 Å². The minimum atomic E-state index is -0.216. The summed E-state index contributed by atoms with van der Waals surface area (Å²) in [4.78, 5) is 34.4. The van der Waals surface area contributed by atoms with Gasteiger partial charge in [-0.25, -0.2) is 14.8 Å². The van der Waals surface area contributed by atoms with E-state index in [1.807, 2.05) is 37.3 Å². The van der Waals surface area contributed by atoms with E-state index in [1.54, 1.807) is 27.6 Å². The summed E-state index contributed by atoms with van der Waals surface area (Å²) < 4.78 is 4.98. The van der Waals surface area contributed by atoms with Crippen molar-refractivity contribution in [2.45, 2.75) is 59.0 Å². The van der Waals surface area contributed by atoms with Crippen LogP contribution in [0.25, 0.3) is 17.0 Å². The van der Waals surface area contributed by atoms with Gasteiger partial charge in [0.25, 0.3) is 5.95 Å². The molecule has 9 nitrogen and oxygen atoms in total. The lowest BCUT2D eigenvalue weighted by Crippen LogP contribution is -2.26. The standard InChI is InChI=1S/C24H29N7O2/c1-5-14-29-17-9-6-7-10-18(17)30(23(29)33)15-11-21(32)27-20-16-19(24(2,3)4)28-31(20)22-25-12-8-13-26-22/h6-10,12-13,16H,5,11,14-15H2,1-4H3,(H,27,32). The number of hydrogen-bond acceptors (Lipinski definition) is 5. The first-order valence-electron chi connectivity index (χ1n) is 11.2. The number of fused-ring (bicyclic) bond motifs is 1. The predicted molar refractivity (Wildman–Crippen MR) is 128 cm³/mol. The quantitative estimate of drug-likeness (QED) is 0.467. The largest absolute Gasteiger partial charge is 0.329 e. The van der Waals surface area contributed by atoms with Gasteiger partial charge in [-0.2, -0.15) is 9.78 Å². The molecule has 4 rings (SSSR count). The van der Waals surface area contributed by atoms with Gasteiger partial charge >= 0.3 is 5.69 Å². The third-order valence-electron chi connectivity index (χ3n) is 5.42. The van der Waals surface area contributed by atoms with Crippen LogP contribution in [0.1, 0.15) is 46.2 Å². The highest BCUT2D eigenvalue weighted by atomic mass is 16.2. The van der Waals surface area contributed by atoms with E-state index in [0.717, 1.165) is 23.1 Å². The van der Waals surface area contributed by atoms with Gasteiger partial charge in [0.2, 0.25) is 5.91 Å². The van der Waals surface area contributed by atoms with Crippen LogP contribution in [0.3, 0.4) is 0 Å². The Morgan fingerprint density at radius 1 is 1.00 bits per heavy atom. The topological polar surface area (TPSA) is 99.6 Å². The van der Waals surface area contributed by atoms with E-state index in [0.29, 0.717) is 18.3 Å². The van der Waals surface area contributed by atoms with Crippen molar-refractivity contribution < 1.29 is 4.79 Å². The molecule has 0 aliphatic carbocycles. The van der Waals surface area contributed by atoms with Gasteiger partial charge in [0.05, 0.1) is 16.7 Å². The third-order valence-corrected chi connectivity index (χ3v) is 5.42. The molecule has 0 spiro atoms. The molecule has 0 aliphatic rings. The average molecular weight is 448 g/mol. The normalized spacial score (nSPS) is 11.8. The second-order valence-electron chi connectivity index (χ2n) is 9.00. The van der Waals surface area contributed by atoms with Crippen molar-refractivity contribution in [3.05, 3.63) is 65.0 Å². The molecule has 0 saturated heterocycles. The van der Waals surface area contributed by atoms with Crippen molar-refractivity contribution >= 4 is 22.8 Å². The van der Waals surface area contributed by atoms with Crippen molar-refractivity contribution in [2.24, 2.45) is 0 Å². The fourth-order valence-electron chi connectivity index (χ4n) is 3.74. The molecule has 33 heavy (non-hydrogen) atoms. The highest BCUT2D eigenvalue weighted by Crippen LogP contribution is 2.25. The Morgan fingerprint density at radius 3 is 2.24 bits per heavy atom. The molecule has 0 atom stereocenters. The minimum absolute atomic E-state index is 0.0939. The molecule has 1 N–H and O–H groups in total. The van der Waals surface area contributed by atoms with E-state index in [1.165, 1.54) is 4.68 Å². The number of carbonyl (C=O) groups is 1. The smallest absolute Gasteiger partial charge is 0.310 e. The van der Waals surface area contributed by atoms with Gasteiger partial charge in [-0.05, 0) is 24.6 Å². The Labute approximate surface area is 192 Å². The monoisotopic (exact) mass is 447 g/mol. The molecule has 3 heterocycles. The van der Waals surface area contributed by atoms with Crippen molar-refractivity contribution in [3.63, 3.8) is 0 Å². The molecule has 3 aromatic heterocycles. The molecule has 0 radical (unpaired) electrons. The summed E-state index contributed by atoms with van der Waals surface area (Å²) in [5.41, 5.74) is 2.22. The van der Waals surface area contributed by atoms with Crippen LogP contribution < -0.4 is 11.0 Å². The van der Waals surface area contributed by atoms with Gasteiger partial charge in [-0.15, -0.1) is 0 Å². The van der Waals surface area contributed by atoms with Gasteiger partial charge in [0, 0.05) is 43.4 Å². The number of amides is 1. The fraction of sp³-hybridized carbons (Fsp3) is 0.375. The molecule has 1 amide bonds. The number of benzene rings is 1. The summed E-state index contributed by atoms with van der Waals surface area (Å²) in [6, 6.07) is 11.2. The van der Waals surface area contributed by atoms with Gasteiger partial charge in [0.1, 0.15) is 5.82 Å². The molecule has 0 aliphatic heterocycles. The van der Waals surface area contributed by atoms with Crippen molar-refractivity contribution in [3.8, 4) is 5.95 Å². The first-order valence-corrected chi connectivity index (χ1v) is 11.2. The van der Waals surface area contributed by atoms with Gasteiger partial charge < -0.3 is 5.32 Å². The zero-order valence-corrected chi connectivity index (χ0v) is 19.4.